The predicted molar refractivity (Wildman–Crippen MR) is 165 cm³/mol. The van der Waals surface area contributed by atoms with Gasteiger partial charge >= 0.3 is 0 Å². The summed E-state index contributed by atoms with van der Waals surface area (Å²) in [5.41, 5.74) is 2.00. The lowest BCUT2D eigenvalue weighted by Gasteiger charge is -2.18. The van der Waals surface area contributed by atoms with Gasteiger partial charge in [-0.2, -0.15) is 0 Å². The third kappa shape index (κ3) is 3.34. The Bertz CT molecular complexity index is 2680. The number of rotatable bonds is 3. The standard InChI is InChI=1S/C38H24O/c1-3-13-25(14-4-1)27-23-24-33(37-32-21-11-12-22-34(32)39-38(27)37)36-30-19-9-7-17-28(30)35(26-15-5-2-6-16-26)29-18-8-10-20-31(29)36/h1-24H/i2D,5D,6D,11D,12D,15D,16D,21D,22D,23D,24D. The highest BCUT2D eigenvalue weighted by atomic mass is 16.3. The third-order valence-electron chi connectivity index (χ3n) is 7.12. The molecule has 182 valence electrons. The Labute approximate surface area is 242 Å². The average molecular weight is 508 g/mol. The van der Waals surface area contributed by atoms with Crippen LogP contribution in [-0.2, 0) is 0 Å². The van der Waals surface area contributed by atoms with Gasteiger partial charge in [0.25, 0.3) is 0 Å². The van der Waals surface area contributed by atoms with Crippen molar-refractivity contribution >= 4 is 43.5 Å². The van der Waals surface area contributed by atoms with Crippen LogP contribution < -0.4 is 0 Å². The Hall–Kier alpha value is -5.14. The summed E-state index contributed by atoms with van der Waals surface area (Å²) < 4.78 is 103. The minimum Gasteiger partial charge on any atom is -0.455 e. The van der Waals surface area contributed by atoms with Gasteiger partial charge in [-0.25, -0.2) is 0 Å². The van der Waals surface area contributed by atoms with Crippen molar-refractivity contribution in [1.82, 2.24) is 0 Å². The Morgan fingerprint density at radius 1 is 0.436 bits per heavy atom. The fourth-order valence-electron chi connectivity index (χ4n) is 5.52. The van der Waals surface area contributed by atoms with Crippen molar-refractivity contribution < 1.29 is 19.5 Å². The second-order valence-electron chi connectivity index (χ2n) is 9.22. The molecule has 1 aromatic heterocycles. The molecular formula is C38H24O. The summed E-state index contributed by atoms with van der Waals surface area (Å²) in [5, 5.41) is 2.48. The largest absolute Gasteiger partial charge is 0.455 e. The van der Waals surface area contributed by atoms with Crippen molar-refractivity contribution in [2.24, 2.45) is 0 Å². The molecule has 0 N–H and O–H groups in total. The average Bonchev–Trinajstić information content (AvgIpc) is 3.52. The zero-order chi connectivity index (χ0) is 35.3. The molecule has 7 aromatic carbocycles. The molecule has 1 nitrogen and oxygen atoms in total. The smallest absolute Gasteiger partial charge is 0.143 e. The second-order valence-corrected chi connectivity index (χ2v) is 9.22. The topological polar surface area (TPSA) is 13.1 Å². The molecule has 0 unspecified atom stereocenters. The van der Waals surface area contributed by atoms with Crippen LogP contribution in [0.15, 0.2) is 150 Å². The first-order valence-electron chi connectivity index (χ1n) is 18.0. The van der Waals surface area contributed by atoms with Gasteiger partial charge in [-0.05, 0) is 61.4 Å². The van der Waals surface area contributed by atoms with Crippen molar-refractivity contribution in [1.29, 1.82) is 0 Å². The zero-order valence-corrected chi connectivity index (χ0v) is 20.4. The lowest BCUT2D eigenvalue weighted by molar-refractivity contribution is 0.670. The number of para-hydroxylation sites is 1. The van der Waals surface area contributed by atoms with Crippen LogP contribution in [0.4, 0.5) is 0 Å². The van der Waals surface area contributed by atoms with E-state index in [4.69, 9.17) is 16.8 Å². The minimum absolute atomic E-state index is 0.0228. The fraction of sp³-hybridized carbons (Fsp3) is 0. The van der Waals surface area contributed by atoms with Crippen LogP contribution in [-0.4, -0.2) is 0 Å². The first-order valence-corrected chi connectivity index (χ1v) is 12.5. The van der Waals surface area contributed by atoms with Crippen LogP contribution in [0.2, 0.25) is 0 Å². The van der Waals surface area contributed by atoms with Gasteiger partial charge in [0.05, 0.1) is 15.1 Å². The van der Waals surface area contributed by atoms with Gasteiger partial charge < -0.3 is 4.42 Å². The van der Waals surface area contributed by atoms with Crippen LogP contribution in [0.5, 0.6) is 0 Å². The molecular weight excluding hydrogens is 472 g/mol. The van der Waals surface area contributed by atoms with Crippen LogP contribution in [0.1, 0.15) is 15.1 Å². The summed E-state index contributed by atoms with van der Waals surface area (Å²) in [6.07, 6.45) is 0. The minimum atomic E-state index is -0.506. The van der Waals surface area contributed by atoms with Crippen LogP contribution in [0, 0.1) is 0 Å². The summed E-state index contributed by atoms with van der Waals surface area (Å²) in [7, 11) is 0. The quantitative estimate of drug-likeness (QED) is 0.217. The van der Waals surface area contributed by atoms with Gasteiger partial charge in [-0.1, -0.05) is 133 Å². The molecule has 1 heterocycles. The van der Waals surface area contributed by atoms with Crippen LogP contribution >= 0.6 is 0 Å². The number of hydrogen-bond acceptors (Lipinski definition) is 1. The van der Waals surface area contributed by atoms with Gasteiger partial charge in [-0.3, -0.25) is 0 Å². The highest BCUT2D eigenvalue weighted by Gasteiger charge is 2.21. The maximum absolute atomic E-state index is 9.60. The molecule has 0 saturated carbocycles. The maximum Gasteiger partial charge on any atom is 0.143 e. The lowest BCUT2D eigenvalue weighted by atomic mass is 9.84. The van der Waals surface area contributed by atoms with Crippen LogP contribution in [0.3, 0.4) is 0 Å². The fourth-order valence-corrected chi connectivity index (χ4v) is 5.52. The number of furan rings is 1. The van der Waals surface area contributed by atoms with Gasteiger partial charge in [0.1, 0.15) is 11.2 Å². The first kappa shape index (κ1) is 13.6. The summed E-state index contributed by atoms with van der Waals surface area (Å²) in [6.45, 7) is 0. The van der Waals surface area contributed by atoms with Gasteiger partial charge in [0.15, 0.2) is 0 Å². The van der Waals surface area contributed by atoms with Crippen molar-refractivity contribution in [2.75, 3.05) is 0 Å². The summed E-state index contributed by atoms with van der Waals surface area (Å²) >= 11 is 0. The van der Waals surface area contributed by atoms with Crippen molar-refractivity contribution in [3.8, 4) is 33.4 Å². The van der Waals surface area contributed by atoms with E-state index in [0.717, 1.165) is 0 Å². The number of hydrogen-bond donors (Lipinski definition) is 0. The van der Waals surface area contributed by atoms with E-state index in [9.17, 15) is 2.74 Å². The number of benzene rings is 7. The molecule has 0 fully saturated rings. The molecule has 0 spiro atoms. The van der Waals surface area contributed by atoms with Gasteiger partial charge in [0.2, 0.25) is 0 Å². The Kier molecular flexibility index (Phi) is 3.04. The summed E-state index contributed by atoms with van der Waals surface area (Å²) in [5.74, 6) is 0. The highest BCUT2D eigenvalue weighted by molar-refractivity contribution is 6.26. The summed E-state index contributed by atoms with van der Waals surface area (Å²) in [4.78, 5) is 0. The summed E-state index contributed by atoms with van der Waals surface area (Å²) in [6, 6.07) is 19.0. The molecule has 0 aliphatic rings. The molecule has 0 saturated heterocycles. The molecule has 39 heavy (non-hydrogen) atoms. The highest BCUT2D eigenvalue weighted by Crippen LogP contribution is 2.48. The van der Waals surface area contributed by atoms with Crippen molar-refractivity contribution in [2.45, 2.75) is 0 Å². The molecule has 8 aromatic rings. The van der Waals surface area contributed by atoms with E-state index < -0.39 is 30.2 Å². The Balaban J connectivity index is 1.66. The lowest BCUT2D eigenvalue weighted by Crippen LogP contribution is -1.91. The predicted octanol–water partition coefficient (Wildman–Crippen LogP) is 10.9. The number of fused-ring (bicyclic) bond motifs is 5. The van der Waals surface area contributed by atoms with E-state index in [1.54, 1.807) is 72.8 Å². The van der Waals surface area contributed by atoms with E-state index in [1.807, 2.05) is 6.07 Å². The molecule has 0 radical (unpaired) electrons. The SMILES string of the molecule is [2H]c1c([2H])c([2H])c(-c2c3ccccc3c(-c3c([2H])c([2H])c(-c4ccccc4)c4oc5c([2H])c([2H])c([2H])c([2H])c5c34)c3ccccc23)c([2H])c1[2H]. The monoisotopic (exact) mass is 507 g/mol. The molecule has 0 atom stereocenters. The molecule has 0 aliphatic carbocycles. The van der Waals surface area contributed by atoms with E-state index in [1.165, 1.54) is 0 Å². The molecule has 0 amide bonds. The normalized spacial score (nSPS) is 15.5. The second kappa shape index (κ2) is 8.72. The molecule has 0 bridgehead atoms. The van der Waals surface area contributed by atoms with Crippen LogP contribution in [0.25, 0.3) is 76.9 Å². The van der Waals surface area contributed by atoms with E-state index in [2.05, 4.69) is 0 Å². The first-order chi connectivity index (χ1) is 24.0. The molecule has 1 heteroatoms. The Morgan fingerprint density at radius 3 is 1.69 bits per heavy atom. The van der Waals surface area contributed by atoms with Crippen molar-refractivity contribution in [3.63, 3.8) is 0 Å². The maximum atomic E-state index is 9.60. The van der Waals surface area contributed by atoms with Crippen molar-refractivity contribution in [3.05, 3.63) is 145 Å². The van der Waals surface area contributed by atoms with Gasteiger partial charge in [-0.15, -0.1) is 0 Å². The van der Waals surface area contributed by atoms with Gasteiger partial charge in [0, 0.05) is 16.3 Å². The third-order valence-corrected chi connectivity index (χ3v) is 7.12. The molecule has 0 aliphatic heterocycles. The van der Waals surface area contributed by atoms with E-state index in [-0.39, 0.29) is 74.9 Å². The zero-order valence-electron chi connectivity index (χ0n) is 31.4. The van der Waals surface area contributed by atoms with E-state index >= 15 is 0 Å². The molecule has 8 rings (SSSR count). The Morgan fingerprint density at radius 2 is 1.00 bits per heavy atom. The van der Waals surface area contributed by atoms with E-state index in [0.29, 0.717) is 38.2 Å².